The van der Waals surface area contributed by atoms with Crippen LogP contribution in [0.2, 0.25) is 0 Å². The van der Waals surface area contributed by atoms with Gasteiger partial charge in [-0.05, 0) is 75.8 Å². The number of carbonyl (C=O) groups is 4. The van der Waals surface area contributed by atoms with Gasteiger partial charge in [-0.25, -0.2) is 0 Å². The maximum Gasteiger partial charge on any atom is 0.471 e. The molecule has 0 radical (unpaired) electrons. The minimum Gasteiger partial charge on any atom is -0.356 e. The van der Waals surface area contributed by atoms with E-state index in [1.54, 1.807) is 0 Å². The van der Waals surface area contributed by atoms with Crippen molar-refractivity contribution in [3.05, 3.63) is 0 Å². The monoisotopic (exact) mass is 568 g/mol. The highest BCUT2D eigenvalue weighted by Gasteiger charge is 2.69. The zero-order valence-electron chi connectivity index (χ0n) is 23.4. The molecule has 13 heteroatoms. The lowest BCUT2D eigenvalue weighted by molar-refractivity contribution is -0.176. The fraction of sp³-hybridized carbons (Fsp3) is 0.815. The van der Waals surface area contributed by atoms with Gasteiger partial charge in [0.1, 0.15) is 18.1 Å². The number of amides is 4. The van der Waals surface area contributed by atoms with Gasteiger partial charge in [0.15, 0.2) is 0 Å². The first-order chi connectivity index (χ1) is 18.7. The molecule has 2 aliphatic carbocycles. The molecule has 2 heterocycles. The van der Waals surface area contributed by atoms with E-state index in [2.05, 4.69) is 10.6 Å². The Hall–Kier alpha value is -2.88. The fourth-order valence-electron chi connectivity index (χ4n) is 7.10. The SMILES string of the molecule is CN(C)C1CCC(C(NC(=O)C(F)(F)F)C(=O)N2CC3C(C2C(=O)NC(C#N)CC2CCNC2=O)C3(C)C)CC1. The third kappa shape index (κ3) is 5.92. The van der Waals surface area contributed by atoms with Crippen molar-refractivity contribution in [2.75, 3.05) is 27.2 Å². The first-order valence-corrected chi connectivity index (χ1v) is 14.0. The average Bonchev–Trinajstić information content (AvgIpc) is 3.23. The van der Waals surface area contributed by atoms with E-state index < -0.39 is 53.9 Å². The summed E-state index contributed by atoms with van der Waals surface area (Å²) in [5, 5.41) is 17.0. The van der Waals surface area contributed by atoms with Crippen LogP contribution in [-0.4, -0.2) is 91.0 Å². The van der Waals surface area contributed by atoms with Crippen LogP contribution >= 0.6 is 0 Å². The van der Waals surface area contributed by atoms with E-state index in [4.69, 9.17) is 0 Å². The van der Waals surface area contributed by atoms with E-state index in [0.717, 1.165) is 0 Å². The number of nitriles is 1. The van der Waals surface area contributed by atoms with Crippen molar-refractivity contribution in [1.29, 1.82) is 5.26 Å². The zero-order chi connectivity index (χ0) is 29.6. The average molecular weight is 569 g/mol. The van der Waals surface area contributed by atoms with Gasteiger partial charge in [0.25, 0.3) is 0 Å². The maximum atomic E-state index is 13.9. The van der Waals surface area contributed by atoms with Gasteiger partial charge in [-0.2, -0.15) is 18.4 Å². The van der Waals surface area contributed by atoms with Crippen LogP contribution in [0, 0.1) is 40.4 Å². The van der Waals surface area contributed by atoms with Crippen LogP contribution in [-0.2, 0) is 19.2 Å². The highest BCUT2D eigenvalue weighted by Crippen LogP contribution is 2.65. The van der Waals surface area contributed by atoms with Gasteiger partial charge in [-0.15, -0.1) is 0 Å². The number of likely N-dealkylation sites (tertiary alicyclic amines) is 1. The van der Waals surface area contributed by atoms with E-state index >= 15 is 0 Å². The summed E-state index contributed by atoms with van der Waals surface area (Å²) in [7, 11) is 3.85. The Labute approximate surface area is 232 Å². The topological polar surface area (TPSA) is 135 Å². The molecule has 0 aromatic heterocycles. The van der Waals surface area contributed by atoms with Crippen LogP contribution in [0.1, 0.15) is 52.4 Å². The van der Waals surface area contributed by atoms with Gasteiger partial charge in [0.2, 0.25) is 17.7 Å². The lowest BCUT2D eigenvalue weighted by atomic mass is 9.80. The molecule has 4 amide bonds. The number of nitrogens with zero attached hydrogens (tertiary/aromatic N) is 3. The molecule has 40 heavy (non-hydrogen) atoms. The first kappa shape index (κ1) is 30.1. The molecule has 4 rings (SSSR count). The molecular formula is C27H39F3N6O4. The number of rotatable bonds is 8. The van der Waals surface area contributed by atoms with E-state index in [0.29, 0.717) is 38.6 Å². The van der Waals surface area contributed by atoms with E-state index in [1.807, 2.05) is 44.2 Å². The van der Waals surface area contributed by atoms with Crippen molar-refractivity contribution in [2.45, 2.75) is 82.7 Å². The summed E-state index contributed by atoms with van der Waals surface area (Å²) in [4.78, 5) is 54.9. The highest BCUT2D eigenvalue weighted by molar-refractivity contribution is 5.94. The van der Waals surface area contributed by atoms with Crippen LogP contribution in [0.3, 0.4) is 0 Å². The number of alkyl halides is 3. The summed E-state index contributed by atoms with van der Waals surface area (Å²) >= 11 is 0. The summed E-state index contributed by atoms with van der Waals surface area (Å²) in [6.45, 7) is 4.63. The minimum atomic E-state index is -5.15. The van der Waals surface area contributed by atoms with Crippen molar-refractivity contribution in [3.63, 3.8) is 0 Å². The molecule has 4 fully saturated rings. The van der Waals surface area contributed by atoms with Gasteiger partial charge in [-0.3, -0.25) is 19.2 Å². The van der Waals surface area contributed by atoms with E-state index in [-0.39, 0.29) is 42.2 Å². The third-order valence-electron chi connectivity index (χ3n) is 9.67. The molecule has 6 atom stereocenters. The second-order valence-corrected chi connectivity index (χ2v) is 12.6. The van der Waals surface area contributed by atoms with Crippen molar-refractivity contribution < 1.29 is 32.3 Å². The zero-order valence-corrected chi connectivity index (χ0v) is 23.4. The third-order valence-corrected chi connectivity index (χ3v) is 9.67. The predicted molar refractivity (Wildman–Crippen MR) is 137 cm³/mol. The molecule has 0 bridgehead atoms. The molecule has 2 saturated heterocycles. The smallest absolute Gasteiger partial charge is 0.356 e. The Bertz CT molecular complexity index is 1070. The number of halogens is 3. The normalized spacial score (nSPS) is 32.5. The Morgan fingerprint density at radius 3 is 2.33 bits per heavy atom. The summed E-state index contributed by atoms with van der Waals surface area (Å²) < 4.78 is 39.8. The molecule has 6 unspecified atom stereocenters. The maximum absolute atomic E-state index is 13.9. The van der Waals surface area contributed by atoms with Gasteiger partial charge in [0.05, 0.1) is 6.07 Å². The number of fused-ring (bicyclic) bond motifs is 1. The molecule has 222 valence electrons. The van der Waals surface area contributed by atoms with Crippen LogP contribution in [0.4, 0.5) is 13.2 Å². The molecule has 0 aromatic carbocycles. The highest BCUT2D eigenvalue weighted by atomic mass is 19.4. The number of nitrogens with one attached hydrogen (secondary N) is 3. The molecule has 2 saturated carbocycles. The number of piperidine rings is 1. The Balaban J connectivity index is 1.54. The standard InChI is InChI=1S/C27H39F3N6O4/c1-26(2)18-13-36(21(19(18)26)23(38)33-16(12-31)11-15-9-10-32-22(15)37)24(39)20(34-25(40)27(28,29)30)14-5-7-17(8-6-14)35(3)4/h14-21H,5-11,13H2,1-4H3,(H,32,37)(H,33,38)(H,34,40). The number of hydrogen-bond donors (Lipinski definition) is 3. The molecule has 0 spiro atoms. The van der Waals surface area contributed by atoms with E-state index in [9.17, 15) is 37.6 Å². The summed E-state index contributed by atoms with van der Waals surface area (Å²) in [6, 6.07) is -1.10. The fourth-order valence-corrected chi connectivity index (χ4v) is 7.10. The molecule has 3 N–H and O–H groups in total. The lowest BCUT2D eigenvalue weighted by Crippen LogP contribution is -2.60. The van der Waals surface area contributed by atoms with Crippen molar-refractivity contribution in [2.24, 2.45) is 29.1 Å². The summed E-state index contributed by atoms with van der Waals surface area (Å²) in [5.41, 5.74) is -0.263. The van der Waals surface area contributed by atoms with Crippen LogP contribution in [0.25, 0.3) is 0 Å². The predicted octanol–water partition coefficient (Wildman–Crippen LogP) is 1.17. The largest absolute Gasteiger partial charge is 0.471 e. The van der Waals surface area contributed by atoms with Crippen molar-refractivity contribution in [1.82, 2.24) is 25.8 Å². The number of hydrogen-bond acceptors (Lipinski definition) is 6. The summed E-state index contributed by atoms with van der Waals surface area (Å²) in [5.74, 6) is -4.78. The first-order valence-electron chi connectivity index (χ1n) is 14.0. The second kappa shape index (κ2) is 11.2. The van der Waals surface area contributed by atoms with Crippen molar-refractivity contribution in [3.8, 4) is 6.07 Å². The quantitative estimate of drug-likeness (QED) is 0.403. The van der Waals surface area contributed by atoms with Gasteiger partial charge in [0, 0.05) is 25.0 Å². The summed E-state index contributed by atoms with van der Waals surface area (Å²) in [6.07, 6.45) is -2.21. The second-order valence-electron chi connectivity index (χ2n) is 12.6. The minimum absolute atomic E-state index is 0.0307. The van der Waals surface area contributed by atoms with Gasteiger partial charge in [-0.1, -0.05) is 13.8 Å². The van der Waals surface area contributed by atoms with E-state index in [1.165, 1.54) is 4.90 Å². The molecule has 0 aromatic rings. The lowest BCUT2D eigenvalue weighted by Gasteiger charge is -2.39. The van der Waals surface area contributed by atoms with Crippen LogP contribution < -0.4 is 16.0 Å². The molecular weight excluding hydrogens is 529 g/mol. The Morgan fingerprint density at radius 2 is 1.80 bits per heavy atom. The Kier molecular flexibility index (Phi) is 8.41. The van der Waals surface area contributed by atoms with Gasteiger partial charge >= 0.3 is 12.1 Å². The molecule has 10 nitrogen and oxygen atoms in total. The Morgan fingerprint density at radius 1 is 1.15 bits per heavy atom. The van der Waals surface area contributed by atoms with Crippen molar-refractivity contribution >= 4 is 23.6 Å². The van der Waals surface area contributed by atoms with Crippen LogP contribution in [0.5, 0.6) is 0 Å². The molecule has 2 aliphatic heterocycles. The molecule has 4 aliphatic rings. The number of carbonyl (C=O) groups excluding carboxylic acids is 4. The van der Waals surface area contributed by atoms with Crippen LogP contribution in [0.15, 0.2) is 0 Å². The van der Waals surface area contributed by atoms with Gasteiger partial charge < -0.3 is 25.8 Å².